The van der Waals surface area contributed by atoms with Gasteiger partial charge in [-0.2, -0.15) is 13.2 Å². The van der Waals surface area contributed by atoms with Crippen molar-refractivity contribution in [3.63, 3.8) is 0 Å². The van der Waals surface area contributed by atoms with Crippen molar-refractivity contribution in [2.24, 2.45) is 0 Å². The van der Waals surface area contributed by atoms with Crippen LogP contribution in [0.15, 0.2) is 46.9 Å². The minimum absolute atomic E-state index is 0.168. The number of piperazine rings is 1. The number of halogens is 4. The van der Waals surface area contributed by atoms with Gasteiger partial charge in [0.05, 0.1) is 24.9 Å². The first kappa shape index (κ1) is 21.4. The van der Waals surface area contributed by atoms with Crippen molar-refractivity contribution in [1.29, 1.82) is 0 Å². The zero-order valence-electron chi connectivity index (χ0n) is 15.8. The number of nitrogens with zero attached hydrogens (tertiary/aromatic N) is 2. The molecule has 5 nitrogen and oxygen atoms in total. The third-order valence-corrected chi connectivity index (χ3v) is 5.21. The van der Waals surface area contributed by atoms with Gasteiger partial charge in [0, 0.05) is 36.3 Å². The standard InChI is InChI=1S/C20H21BrF3N3O2/c1-29-18-12-15(21)5-6-17(18)25-19(28)13-26-7-9-27(10-8-26)16-4-2-3-14(11-16)20(22,23)24/h2-6,11-12H,7-10,13H2,1H3,(H,25,28). The number of hydrogen-bond acceptors (Lipinski definition) is 4. The molecular weight excluding hydrogens is 451 g/mol. The van der Waals surface area contributed by atoms with Gasteiger partial charge in [0.25, 0.3) is 0 Å². The minimum Gasteiger partial charge on any atom is -0.495 e. The summed E-state index contributed by atoms with van der Waals surface area (Å²) in [6, 6.07) is 10.7. The van der Waals surface area contributed by atoms with Crippen LogP contribution in [0.3, 0.4) is 0 Å². The first-order chi connectivity index (χ1) is 13.8. The number of anilines is 2. The zero-order chi connectivity index (χ0) is 21.0. The van der Waals surface area contributed by atoms with Crippen LogP contribution in [0.4, 0.5) is 24.5 Å². The summed E-state index contributed by atoms with van der Waals surface area (Å²) < 4.78 is 44.9. The number of nitrogens with one attached hydrogen (secondary N) is 1. The third-order valence-electron chi connectivity index (χ3n) is 4.72. The van der Waals surface area contributed by atoms with E-state index in [2.05, 4.69) is 21.2 Å². The molecule has 1 aliphatic heterocycles. The van der Waals surface area contributed by atoms with Gasteiger partial charge in [-0.3, -0.25) is 9.69 Å². The molecule has 0 saturated carbocycles. The number of hydrogen-bond donors (Lipinski definition) is 1. The molecule has 0 aliphatic carbocycles. The third kappa shape index (κ3) is 5.63. The second-order valence-electron chi connectivity index (χ2n) is 6.70. The van der Waals surface area contributed by atoms with E-state index in [1.807, 2.05) is 15.9 Å². The molecule has 156 valence electrons. The summed E-state index contributed by atoms with van der Waals surface area (Å²) in [6.45, 7) is 2.48. The fraction of sp³-hybridized carbons (Fsp3) is 0.350. The second kappa shape index (κ2) is 9.04. The van der Waals surface area contributed by atoms with Crippen molar-refractivity contribution >= 4 is 33.2 Å². The van der Waals surface area contributed by atoms with E-state index in [-0.39, 0.29) is 12.5 Å². The molecule has 1 aliphatic rings. The highest BCUT2D eigenvalue weighted by atomic mass is 79.9. The summed E-state index contributed by atoms with van der Waals surface area (Å²) in [7, 11) is 1.53. The molecular formula is C20H21BrF3N3O2. The van der Waals surface area contributed by atoms with E-state index in [0.29, 0.717) is 43.3 Å². The van der Waals surface area contributed by atoms with Gasteiger partial charge in [-0.25, -0.2) is 0 Å². The van der Waals surface area contributed by atoms with Crippen molar-refractivity contribution < 1.29 is 22.7 Å². The quantitative estimate of drug-likeness (QED) is 0.708. The average molecular weight is 472 g/mol. The van der Waals surface area contributed by atoms with Crippen molar-refractivity contribution in [3.8, 4) is 5.75 Å². The molecule has 2 aromatic carbocycles. The molecule has 1 amide bonds. The Morgan fingerprint density at radius 3 is 2.52 bits per heavy atom. The summed E-state index contributed by atoms with van der Waals surface area (Å²) in [5.74, 6) is 0.389. The number of carbonyl (C=O) groups excluding carboxylic acids is 1. The maximum absolute atomic E-state index is 12.9. The summed E-state index contributed by atoms with van der Waals surface area (Å²) in [4.78, 5) is 16.3. The van der Waals surface area contributed by atoms with E-state index in [0.717, 1.165) is 10.5 Å². The van der Waals surface area contributed by atoms with E-state index in [4.69, 9.17) is 4.74 Å². The van der Waals surface area contributed by atoms with Gasteiger partial charge in [0.1, 0.15) is 5.75 Å². The smallest absolute Gasteiger partial charge is 0.416 e. The molecule has 0 bridgehead atoms. The molecule has 9 heteroatoms. The maximum atomic E-state index is 12.9. The van der Waals surface area contributed by atoms with Crippen molar-refractivity contribution in [2.75, 3.05) is 50.1 Å². The van der Waals surface area contributed by atoms with Crippen molar-refractivity contribution in [1.82, 2.24) is 4.90 Å². The van der Waals surface area contributed by atoms with Crippen LogP contribution in [0.25, 0.3) is 0 Å². The summed E-state index contributed by atoms with van der Waals surface area (Å²) in [5.41, 5.74) is 0.479. The molecule has 0 spiro atoms. The molecule has 1 N–H and O–H groups in total. The summed E-state index contributed by atoms with van der Waals surface area (Å²) >= 11 is 3.36. The normalized spacial score (nSPS) is 15.3. The number of amides is 1. The maximum Gasteiger partial charge on any atom is 0.416 e. The number of methoxy groups -OCH3 is 1. The van der Waals surface area contributed by atoms with Crippen LogP contribution in [-0.2, 0) is 11.0 Å². The van der Waals surface area contributed by atoms with E-state index in [1.165, 1.54) is 19.2 Å². The Hall–Kier alpha value is -2.26. The lowest BCUT2D eigenvalue weighted by Gasteiger charge is -2.36. The molecule has 29 heavy (non-hydrogen) atoms. The predicted octanol–water partition coefficient (Wildman–Crippen LogP) is 4.24. The van der Waals surface area contributed by atoms with Gasteiger partial charge >= 0.3 is 6.18 Å². The second-order valence-corrected chi connectivity index (χ2v) is 7.62. The van der Waals surface area contributed by atoms with Gasteiger partial charge in [0.2, 0.25) is 5.91 Å². The molecule has 2 aromatic rings. The largest absolute Gasteiger partial charge is 0.495 e. The SMILES string of the molecule is COc1cc(Br)ccc1NC(=O)CN1CCN(c2cccc(C(F)(F)F)c2)CC1. The van der Waals surface area contributed by atoms with Crippen LogP contribution in [0.2, 0.25) is 0 Å². The predicted molar refractivity (Wildman–Crippen MR) is 109 cm³/mol. The molecule has 1 fully saturated rings. The van der Waals surface area contributed by atoms with Crippen molar-refractivity contribution in [2.45, 2.75) is 6.18 Å². The van der Waals surface area contributed by atoms with Gasteiger partial charge in [-0.15, -0.1) is 0 Å². The Balaban J connectivity index is 1.54. The summed E-state index contributed by atoms with van der Waals surface area (Å²) in [5, 5.41) is 2.84. The Morgan fingerprint density at radius 1 is 1.14 bits per heavy atom. The molecule has 3 rings (SSSR count). The molecule has 0 radical (unpaired) electrons. The van der Waals surface area contributed by atoms with Gasteiger partial charge < -0.3 is 15.0 Å². The first-order valence-corrected chi connectivity index (χ1v) is 9.83. The number of ether oxygens (including phenoxy) is 1. The van der Waals surface area contributed by atoms with Crippen LogP contribution in [0.5, 0.6) is 5.75 Å². The van der Waals surface area contributed by atoms with Crippen LogP contribution in [0.1, 0.15) is 5.56 Å². The summed E-state index contributed by atoms with van der Waals surface area (Å²) in [6.07, 6.45) is -4.36. The van der Waals surface area contributed by atoms with Crippen LogP contribution < -0.4 is 15.0 Å². The lowest BCUT2D eigenvalue weighted by Crippen LogP contribution is -2.48. The number of rotatable bonds is 5. The lowest BCUT2D eigenvalue weighted by molar-refractivity contribution is -0.137. The highest BCUT2D eigenvalue weighted by Gasteiger charge is 2.31. The van der Waals surface area contributed by atoms with E-state index >= 15 is 0 Å². The Bertz CT molecular complexity index is 868. The van der Waals surface area contributed by atoms with Gasteiger partial charge in [-0.1, -0.05) is 22.0 Å². The van der Waals surface area contributed by atoms with Crippen LogP contribution in [-0.4, -0.2) is 50.6 Å². The molecule has 0 aromatic heterocycles. The highest BCUT2D eigenvalue weighted by Crippen LogP contribution is 2.32. The fourth-order valence-electron chi connectivity index (χ4n) is 3.20. The molecule has 1 saturated heterocycles. The number of benzene rings is 2. The van der Waals surface area contributed by atoms with Crippen molar-refractivity contribution in [3.05, 3.63) is 52.5 Å². The van der Waals surface area contributed by atoms with E-state index < -0.39 is 11.7 Å². The Morgan fingerprint density at radius 2 is 1.86 bits per heavy atom. The first-order valence-electron chi connectivity index (χ1n) is 9.04. The monoisotopic (exact) mass is 471 g/mol. The minimum atomic E-state index is -4.36. The van der Waals surface area contributed by atoms with E-state index in [9.17, 15) is 18.0 Å². The lowest BCUT2D eigenvalue weighted by atomic mass is 10.1. The van der Waals surface area contributed by atoms with Gasteiger partial charge in [0.15, 0.2) is 0 Å². The number of carbonyl (C=O) groups is 1. The number of alkyl halides is 3. The Kier molecular flexibility index (Phi) is 6.69. The molecule has 0 unspecified atom stereocenters. The Labute approximate surface area is 175 Å². The van der Waals surface area contributed by atoms with Crippen LogP contribution >= 0.6 is 15.9 Å². The van der Waals surface area contributed by atoms with Gasteiger partial charge in [-0.05, 0) is 36.4 Å². The average Bonchev–Trinajstić information content (AvgIpc) is 2.69. The highest BCUT2D eigenvalue weighted by molar-refractivity contribution is 9.10. The van der Waals surface area contributed by atoms with Crippen LogP contribution in [0, 0.1) is 0 Å². The topological polar surface area (TPSA) is 44.8 Å². The molecule has 1 heterocycles. The molecule has 0 atom stereocenters. The van der Waals surface area contributed by atoms with E-state index in [1.54, 1.807) is 18.2 Å². The fourth-order valence-corrected chi connectivity index (χ4v) is 3.54. The zero-order valence-corrected chi connectivity index (χ0v) is 17.4.